The number of hydrogen-bond acceptors (Lipinski definition) is 4. The molecule has 1 aliphatic heterocycles. The number of hydrogen-bond donors (Lipinski definition) is 1. The first-order valence-corrected chi connectivity index (χ1v) is 8.05. The fourth-order valence-corrected chi connectivity index (χ4v) is 2.80. The van der Waals surface area contributed by atoms with Gasteiger partial charge in [-0.1, -0.05) is 19.9 Å². The summed E-state index contributed by atoms with van der Waals surface area (Å²) in [7, 11) is 0. The molecule has 0 radical (unpaired) electrons. The van der Waals surface area contributed by atoms with Gasteiger partial charge in [0.15, 0.2) is 0 Å². The molecular formula is C17H29N3O. The summed E-state index contributed by atoms with van der Waals surface area (Å²) in [6.07, 6.45) is 2.62. The molecule has 0 aliphatic carbocycles. The average Bonchev–Trinajstić information content (AvgIpc) is 2.39. The van der Waals surface area contributed by atoms with E-state index < -0.39 is 0 Å². The topological polar surface area (TPSA) is 37.4 Å². The Morgan fingerprint density at radius 1 is 1.29 bits per heavy atom. The molecular weight excluding hydrogens is 262 g/mol. The van der Waals surface area contributed by atoms with Gasteiger partial charge in [0.2, 0.25) is 0 Å². The van der Waals surface area contributed by atoms with Crippen molar-refractivity contribution in [3.05, 3.63) is 29.6 Å². The quantitative estimate of drug-likeness (QED) is 0.873. The third-order valence-corrected chi connectivity index (χ3v) is 3.65. The molecule has 21 heavy (non-hydrogen) atoms. The van der Waals surface area contributed by atoms with E-state index in [4.69, 9.17) is 4.74 Å². The van der Waals surface area contributed by atoms with Crippen LogP contribution >= 0.6 is 0 Å². The number of rotatable bonds is 6. The normalized spacial score (nSPS) is 23.7. The maximum Gasteiger partial charge on any atom is 0.0678 e. The summed E-state index contributed by atoms with van der Waals surface area (Å²) < 4.78 is 5.77. The molecule has 0 saturated carbocycles. The monoisotopic (exact) mass is 291 g/mol. The minimum Gasteiger partial charge on any atom is -0.373 e. The second-order valence-electron chi connectivity index (χ2n) is 6.63. The van der Waals surface area contributed by atoms with Crippen LogP contribution in [-0.4, -0.2) is 41.7 Å². The number of aromatic nitrogens is 1. The Labute approximate surface area is 128 Å². The van der Waals surface area contributed by atoms with E-state index in [1.807, 2.05) is 6.20 Å². The lowest BCUT2D eigenvalue weighted by Crippen LogP contribution is -2.44. The summed E-state index contributed by atoms with van der Waals surface area (Å²) in [5, 5.41) is 3.45. The highest BCUT2D eigenvalue weighted by Gasteiger charge is 2.22. The Hall–Kier alpha value is -0.970. The van der Waals surface area contributed by atoms with Gasteiger partial charge in [-0.25, -0.2) is 0 Å². The molecule has 0 bridgehead atoms. The Morgan fingerprint density at radius 3 is 2.57 bits per heavy atom. The minimum atomic E-state index is 0.313. The van der Waals surface area contributed by atoms with Crippen LogP contribution in [0.2, 0.25) is 0 Å². The van der Waals surface area contributed by atoms with E-state index in [9.17, 15) is 0 Å². The lowest BCUT2D eigenvalue weighted by Gasteiger charge is -2.35. The first-order chi connectivity index (χ1) is 10.0. The molecule has 118 valence electrons. The van der Waals surface area contributed by atoms with Crippen molar-refractivity contribution in [1.82, 2.24) is 15.2 Å². The van der Waals surface area contributed by atoms with Gasteiger partial charge < -0.3 is 10.1 Å². The van der Waals surface area contributed by atoms with E-state index in [0.717, 1.165) is 38.4 Å². The average molecular weight is 291 g/mol. The van der Waals surface area contributed by atoms with Crippen molar-refractivity contribution in [2.45, 2.75) is 53.0 Å². The lowest BCUT2D eigenvalue weighted by molar-refractivity contribution is -0.0707. The zero-order valence-corrected chi connectivity index (χ0v) is 13.8. The van der Waals surface area contributed by atoms with Crippen molar-refractivity contribution in [2.24, 2.45) is 5.92 Å². The van der Waals surface area contributed by atoms with Crippen LogP contribution in [0, 0.1) is 5.92 Å². The third kappa shape index (κ3) is 5.73. The van der Waals surface area contributed by atoms with Crippen molar-refractivity contribution in [1.29, 1.82) is 0 Å². The second kappa shape index (κ2) is 7.87. The SMILES string of the molecule is CC(C)CNCc1ccc(CN2C[C@@H](C)O[C@@H](C)C2)nc1. The van der Waals surface area contributed by atoms with Crippen LogP contribution in [0.5, 0.6) is 0 Å². The molecule has 1 saturated heterocycles. The number of ether oxygens (including phenoxy) is 1. The van der Waals surface area contributed by atoms with Crippen LogP contribution in [0.3, 0.4) is 0 Å². The summed E-state index contributed by atoms with van der Waals surface area (Å²) >= 11 is 0. The summed E-state index contributed by atoms with van der Waals surface area (Å²) in [5.41, 5.74) is 2.40. The standard InChI is InChI=1S/C17H29N3O/c1-13(2)7-18-8-16-5-6-17(19-9-16)12-20-10-14(3)21-15(4)11-20/h5-6,9,13-15,18H,7-8,10-12H2,1-4H3/t14-,15+. The van der Waals surface area contributed by atoms with Crippen molar-refractivity contribution in [2.75, 3.05) is 19.6 Å². The number of nitrogens with one attached hydrogen (secondary N) is 1. The first kappa shape index (κ1) is 16.4. The van der Waals surface area contributed by atoms with Crippen LogP contribution in [-0.2, 0) is 17.8 Å². The van der Waals surface area contributed by atoms with E-state index in [1.54, 1.807) is 0 Å². The molecule has 4 heteroatoms. The molecule has 2 heterocycles. The van der Waals surface area contributed by atoms with Gasteiger partial charge in [0, 0.05) is 32.4 Å². The summed E-state index contributed by atoms with van der Waals surface area (Å²) in [6.45, 7) is 13.6. The van der Waals surface area contributed by atoms with Gasteiger partial charge in [-0.3, -0.25) is 9.88 Å². The molecule has 2 rings (SSSR count). The molecule has 0 spiro atoms. The van der Waals surface area contributed by atoms with Gasteiger partial charge in [0.1, 0.15) is 0 Å². The van der Waals surface area contributed by atoms with Crippen molar-refractivity contribution >= 4 is 0 Å². The Bertz CT molecular complexity index is 409. The number of pyridine rings is 1. The zero-order chi connectivity index (χ0) is 15.2. The Balaban J connectivity index is 1.81. The van der Waals surface area contributed by atoms with E-state index in [2.05, 4.69) is 55.0 Å². The number of nitrogens with zero attached hydrogens (tertiary/aromatic N) is 2. The van der Waals surface area contributed by atoms with E-state index >= 15 is 0 Å². The zero-order valence-electron chi connectivity index (χ0n) is 13.8. The fraction of sp³-hybridized carbons (Fsp3) is 0.706. The van der Waals surface area contributed by atoms with Gasteiger partial charge in [0.25, 0.3) is 0 Å². The number of morpholine rings is 1. The van der Waals surface area contributed by atoms with Crippen LogP contribution in [0.1, 0.15) is 39.0 Å². The van der Waals surface area contributed by atoms with Crippen LogP contribution in [0.4, 0.5) is 0 Å². The van der Waals surface area contributed by atoms with Crippen LogP contribution in [0.25, 0.3) is 0 Å². The molecule has 2 atom stereocenters. The maximum atomic E-state index is 5.77. The summed E-state index contributed by atoms with van der Waals surface area (Å²) in [4.78, 5) is 7.03. The molecule has 1 aliphatic rings. The van der Waals surface area contributed by atoms with E-state index in [-0.39, 0.29) is 0 Å². The highest BCUT2D eigenvalue weighted by atomic mass is 16.5. The molecule has 4 nitrogen and oxygen atoms in total. The van der Waals surface area contributed by atoms with Crippen molar-refractivity contribution in [3.8, 4) is 0 Å². The molecule has 0 unspecified atom stereocenters. The lowest BCUT2D eigenvalue weighted by atomic mass is 10.2. The molecule has 0 amide bonds. The smallest absolute Gasteiger partial charge is 0.0678 e. The van der Waals surface area contributed by atoms with Crippen LogP contribution in [0.15, 0.2) is 18.3 Å². The summed E-state index contributed by atoms with van der Waals surface area (Å²) in [6, 6.07) is 4.33. The highest BCUT2D eigenvalue weighted by Crippen LogP contribution is 2.13. The highest BCUT2D eigenvalue weighted by molar-refractivity contribution is 5.14. The molecule has 1 N–H and O–H groups in total. The van der Waals surface area contributed by atoms with Gasteiger partial charge in [-0.15, -0.1) is 0 Å². The van der Waals surface area contributed by atoms with E-state index in [0.29, 0.717) is 18.1 Å². The predicted molar refractivity (Wildman–Crippen MR) is 86.1 cm³/mol. The van der Waals surface area contributed by atoms with E-state index in [1.165, 1.54) is 5.56 Å². The fourth-order valence-electron chi connectivity index (χ4n) is 2.80. The van der Waals surface area contributed by atoms with Crippen LogP contribution < -0.4 is 5.32 Å². The van der Waals surface area contributed by atoms with Gasteiger partial charge in [-0.05, 0) is 37.9 Å². The molecule has 1 aromatic heterocycles. The maximum absolute atomic E-state index is 5.77. The predicted octanol–water partition coefficient (Wildman–Crippen LogP) is 2.44. The van der Waals surface area contributed by atoms with Crippen molar-refractivity contribution < 1.29 is 4.74 Å². The molecule has 1 fully saturated rings. The molecule has 1 aromatic rings. The van der Waals surface area contributed by atoms with Gasteiger partial charge in [0.05, 0.1) is 17.9 Å². The molecule has 0 aromatic carbocycles. The summed E-state index contributed by atoms with van der Waals surface area (Å²) in [5.74, 6) is 0.683. The second-order valence-corrected chi connectivity index (χ2v) is 6.63. The largest absolute Gasteiger partial charge is 0.373 e. The minimum absolute atomic E-state index is 0.313. The van der Waals surface area contributed by atoms with Gasteiger partial charge in [-0.2, -0.15) is 0 Å². The third-order valence-electron chi connectivity index (χ3n) is 3.65. The Morgan fingerprint density at radius 2 is 2.00 bits per heavy atom. The Kier molecular flexibility index (Phi) is 6.15. The van der Waals surface area contributed by atoms with Crippen molar-refractivity contribution in [3.63, 3.8) is 0 Å². The first-order valence-electron chi connectivity index (χ1n) is 8.05. The van der Waals surface area contributed by atoms with Gasteiger partial charge >= 0.3 is 0 Å².